The molecule has 0 aliphatic heterocycles. The highest BCUT2D eigenvalue weighted by Gasteiger charge is 2.64. The summed E-state index contributed by atoms with van der Waals surface area (Å²) in [6, 6.07) is 0. The van der Waals surface area contributed by atoms with Crippen LogP contribution in [-0.2, 0) is 24.4 Å². The average molecular weight is 338 g/mol. The monoisotopic (exact) mass is 338 g/mol. The molecular formula is C13H16F2O6S. The molecule has 0 spiro atoms. The van der Waals surface area contributed by atoms with E-state index in [0.29, 0.717) is 19.3 Å². The fraction of sp³-hybridized carbons (Fsp3) is 0.846. The Morgan fingerprint density at radius 1 is 1.32 bits per heavy atom. The normalized spacial score (nSPS) is 38.0. The van der Waals surface area contributed by atoms with Gasteiger partial charge in [-0.05, 0) is 31.6 Å². The second kappa shape index (κ2) is 4.70. The number of ether oxygens (including phenoxy) is 1. The highest BCUT2D eigenvalue weighted by atomic mass is 32.2. The van der Waals surface area contributed by atoms with Crippen LogP contribution in [0.1, 0.15) is 38.5 Å². The summed E-state index contributed by atoms with van der Waals surface area (Å²) < 4.78 is 61.6. The molecule has 0 aromatic heterocycles. The Hall–Kier alpha value is -1.09. The van der Waals surface area contributed by atoms with Crippen LogP contribution in [0.2, 0.25) is 0 Å². The third-order valence-corrected chi connectivity index (χ3v) is 6.00. The minimum atomic E-state index is -5.90. The number of fused-ring (bicyclic) bond motifs is 2. The molecule has 0 heterocycles. The third kappa shape index (κ3) is 2.17. The molecule has 3 rings (SSSR count). The summed E-state index contributed by atoms with van der Waals surface area (Å²) in [7, 11) is -5.90. The molecule has 0 amide bonds. The van der Waals surface area contributed by atoms with Crippen LogP contribution in [0.15, 0.2) is 0 Å². The van der Waals surface area contributed by atoms with E-state index in [1.807, 2.05) is 0 Å². The molecule has 3 aliphatic carbocycles. The Bertz CT molecular complexity index is 630. The highest BCUT2D eigenvalue weighted by molar-refractivity contribution is 7.87. The molecule has 9 heteroatoms. The molecule has 124 valence electrons. The molecule has 3 saturated carbocycles. The fourth-order valence-corrected chi connectivity index (χ4v) is 4.60. The van der Waals surface area contributed by atoms with Crippen molar-refractivity contribution in [3.05, 3.63) is 0 Å². The Morgan fingerprint density at radius 2 is 2.00 bits per heavy atom. The number of esters is 1. The highest BCUT2D eigenvalue weighted by Crippen LogP contribution is 2.56. The number of hydrogen-bond donors (Lipinski definition) is 1. The number of carbonyl (C=O) groups excluding carboxylic acids is 2. The summed E-state index contributed by atoms with van der Waals surface area (Å²) in [4.78, 5) is 23.9. The van der Waals surface area contributed by atoms with Crippen molar-refractivity contribution in [3.63, 3.8) is 0 Å². The van der Waals surface area contributed by atoms with E-state index in [1.165, 1.54) is 0 Å². The van der Waals surface area contributed by atoms with Crippen molar-refractivity contribution in [2.24, 2.45) is 17.8 Å². The first kappa shape index (κ1) is 15.8. The molecule has 6 nitrogen and oxygen atoms in total. The maximum Gasteiger partial charge on any atom is 0.465 e. The van der Waals surface area contributed by atoms with Gasteiger partial charge in [0.25, 0.3) is 0 Å². The van der Waals surface area contributed by atoms with E-state index < -0.39 is 32.9 Å². The quantitative estimate of drug-likeness (QED) is 0.619. The van der Waals surface area contributed by atoms with Crippen molar-refractivity contribution in [3.8, 4) is 0 Å². The lowest BCUT2D eigenvalue weighted by Gasteiger charge is -2.37. The third-order valence-electron chi connectivity index (χ3n) is 5.19. The van der Waals surface area contributed by atoms with Crippen molar-refractivity contribution in [1.82, 2.24) is 0 Å². The van der Waals surface area contributed by atoms with Gasteiger partial charge >= 0.3 is 21.3 Å². The van der Waals surface area contributed by atoms with Crippen LogP contribution in [0.4, 0.5) is 8.78 Å². The van der Waals surface area contributed by atoms with Crippen LogP contribution >= 0.6 is 0 Å². The number of alkyl halides is 2. The number of ketones is 1. The lowest BCUT2D eigenvalue weighted by Crippen LogP contribution is -2.48. The molecule has 3 aliphatic rings. The minimum absolute atomic E-state index is 0.0785. The molecular weight excluding hydrogens is 322 g/mol. The van der Waals surface area contributed by atoms with E-state index in [2.05, 4.69) is 0 Å². The first-order valence-corrected chi connectivity index (χ1v) is 8.63. The van der Waals surface area contributed by atoms with Gasteiger partial charge in [0.15, 0.2) is 0 Å². The van der Waals surface area contributed by atoms with Crippen molar-refractivity contribution < 1.29 is 36.1 Å². The first-order chi connectivity index (χ1) is 10.1. The molecule has 3 bridgehead atoms. The Morgan fingerprint density at radius 3 is 2.64 bits per heavy atom. The number of Topliss-reactive ketones (excluding diaryl/α,β-unsaturated/α-hetero) is 1. The van der Waals surface area contributed by atoms with Gasteiger partial charge < -0.3 is 4.74 Å². The number of halogens is 2. The van der Waals surface area contributed by atoms with Crippen LogP contribution in [-0.4, -0.2) is 35.6 Å². The predicted molar refractivity (Wildman–Crippen MR) is 68.5 cm³/mol. The van der Waals surface area contributed by atoms with Gasteiger partial charge in [-0.15, -0.1) is 0 Å². The largest absolute Gasteiger partial charge is 0.465 e. The van der Waals surface area contributed by atoms with E-state index >= 15 is 0 Å². The molecule has 1 N–H and O–H groups in total. The van der Waals surface area contributed by atoms with Crippen LogP contribution < -0.4 is 0 Å². The molecule has 4 atom stereocenters. The standard InChI is InChI=1S/C13H16F2O6S/c14-13(15,22(18,19)20)11(17)21-12-5-7-2-1-3-9(12)10(16)8(4-7)6-12/h7-9H,1-6H2,(H,18,19,20). The summed E-state index contributed by atoms with van der Waals surface area (Å²) in [6.07, 6.45) is 3.18. The molecule has 22 heavy (non-hydrogen) atoms. The zero-order valence-corrected chi connectivity index (χ0v) is 12.4. The Labute approximate surface area is 125 Å². The molecule has 0 saturated heterocycles. The number of carbonyl (C=O) groups is 2. The zero-order chi connectivity index (χ0) is 16.3. The summed E-state index contributed by atoms with van der Waals surface area (Å²) >= 11 is 0. The van der Waals surface area contributed by atoms with E-state index in [9.17, 15) is 26.8 Å². The maximum atomic E-state index is 13.4. The van der Waals surface area contributed by atoms with Gasteiger partial charge in [-0.1, -0.05) is 12.8 Å². The van der Waals surface area contributed by atoms with Crippen molar-refractivity contribution in [1.29, 1.82) is 0 Å². The van der Waals surface area contributed by atoms with Gasteiger partial charge in [-0.3, -0.25) is 9.35 Å². The second-order valence-corrected chi connectivity index (χ2v) is 8.00. The maximum absolute atomic E-state index is 13.4. The molecule has 0 aromatic carbocycles. The number of hydrogen-bond acceptors (Lipinski definition) is 5. The van der Waals surface area contributed by atoms with Crippen LogP contribution in [0.3, 0.4) is 0 Å². The minimum Gasteiger partial charge on any atom is -0.453 e. The Balaban J connectivity index is 1.91. The average Bonchev–Trinajstić information content (AvgIpc) is 2.51. The second-order valence-electron chi connectivity index (χ2n) is 6.54. The molecule has 0 radical (unpaired) electrons. The summed E-state index contributed by atoms with van der Waals surface area (Å²) in [6.45, 7) is 0. The van der Waals surface area contributed by atoms with E-state index in [1.54, 1.807) is 0 Å². The van der Waals surface area contributed by atoms with Gasteiger partial charge in [0, 0.05) is 5.92 Å². The lowest BCUT2D eigenvalue weighted by atomic mass is 9.77. The van der Waals surface area contributed by atoms with E-state index in [-0.39, 0.29) is 24.0 Å². The van der Waals surface area contributed by atoms with E-state index in [4.69, 9.17) is 9.29 Å². The molecule has 0 aromatic rings. The van der Waals surface area contributed by atoms with Crippen molar-refractivity contribution >= 4 is 21.9 Å². The molecule has 4 unspecified atom stereocenters. The predicted octanol–water partition coefficient (Wildman–Crippen LogP) is 1.55. The van der Waals surface area contributed by atoms with Crippen molar-refractivity contribution in [2.45, 2.75) is 49.4 Å². The summed E-state index contributed by atoms with van der Waals surface area (Å²) in [5.74, 6) is -3.22. The molecule has 3 fully saturated rings. The van der Waals surface area contributed by atoms with E-state index in [0.717, 1.165) is 12.8 Å². The van der Waals surface area contributed by atoms with Gasteiger partial charge in [-0.2, -0.15) is 17.2 Å². The fourth-order valence-electron chi connectivity index (χ4n) is 4.34. The topological polar surface area (TPSA) is 97.7 Å². The van der Waals surface area contributed by atoms with Gasteiger partial charge in [0.05, 0.1) is 5.92 Å². The van der Waals surface area contributed by atoms with Gasteiger partial charge in [0.2, 0.25) is 0 Å². The number of rotatable bonds is 3. The smallest absolute Gasteiger partial charge is 0.453 e. The first-order valence-electron chi connectivity index (χ1n) is 7.19. The Kier molecular flexibility index (Phi) is 3.38. The zero-order valence-electron chi connectivity index (χ0n) is 11.6. The van der Waals surface area contributed by atoms with Crippen LogP contribution in [0, 0.1) is 17.8 Å². The lowest BCUT2D eigenvalue weighted by molar-refractivity contribution is -0.185. The SMILES string of the molecule is O=C1C2CC3CCCC1C(OC(=O)C(F)(F)S(=O)(=O)O)(C3)C2. The van der Waals surface area contributed by atoms with Gasteiger partial charge in [-0.25, -0.2) is 4.79 Å². The van der Waals surface area contributed by atoms with Gasteiger partial charge in [0.1, 0.15) is 11.4 Å². The summed E-state index contributed by atoms with van der Waals surface area (Å²) in [5.41, 5.74) is -1.34. The van der Waals surface area contributed by atoms with Crippen LogP contribution in [0.25, 0.3) is 0 Å². The summed E-state index contributed by atoms with van der Waals surface area (Å²) in [5, 5.41) is -5.02. The van der Waals surface area contributed by atoms with Crippen molar-refractivity contribution in [2.75, 3.05) is 0 Å². The van der Waals surface area contributed by atoms with Crippen LogP contribution in [0.5, 0.6) is 0 Å².